The van der Waals surface area contributed by atoms with E-state index in [0.29, 0.717) is 33.4 Å². The molecule has 1 heterocycles. The Labute approximate surface area is 224 Å². The van der Waals surface area contributed by atoms with Crippen LogP contribution in [0.2, 0.25) is 0 Å². The van der Waals surface area contributed by atoms with E-state index in [2.05, 4.69) is 48.9 Å². The van der Waals surface area contributed by atoms with E-state index in [1.807, 2.05) is 24.3 Å². The molecule has 0 saturated heterocycles. The van der Waals surface area contributed by atoms with Crippen LogP contribution in [0.1, 0.15) is 36.7 Å². The van der Waals surface area contributed by atoms with Crippen LogP contribution in [0, 0.1) is 10.1 Å². The van der Waals surface area contributed by atoms with Gasteiger partial charge in [-0.15, -0.1) is 0 Å². The lowest BCUT2D eigenvalue weighted by atomic mass is 10.2. The molecule has 0 aliphatic carbocycles. The lowest BCUT2D eigenvalue weighted by Crippen LogP contribution is -2.22. The van der Waals surface area contributed by atoms with Gasteiger partial charge in [0.05, 0.1) is 26.5 Å². The van der Waals surface area contributed by atoms with Gasteiger partial charge in [0.25, 0.3) is 11.2 Å². The maximum atomic E-state index is 13.2. The van der Waals surface area contributed by atoms with Gasteiger partial charge in [0.2, 0.25) is 0 Å². The van der Waals surface area contributed by atoms with Gasteiger partial charge in [-0.2, -0.15) is 9.78 Å². The van der Waals surface area contributed by atoms with E-state index in [-0.39, 0.29) is 17.9 Å². The summed E-state index contributed by atoms with van der Waals surface area (Å²) in [5.74, 6) is 1.23. The quantitative estimate of drug-likeness (QED) is 0.120. The zero-order valence-electron chi connectivity index (χ0n) is 19.4. The second kappa shape index (κ2) is 11.6. The third kappa shape index (κ3) is 6.06. The lowest BCUT2D eigenvalue weighted by molar-refractivity contribution is -0.384. The van der Waals surface area contributed by atoms with Crippen molar-refractivity contribution in [3.63, 3.8) is 0 Å². The first-order valence-electron chi connectivity index (χ1n) is 11.3. The van der Waals surface area contributed by atoms with Crippen molar-refractivity contribution < 1.29 is 9.66 Å². The molecule has 184 valence electrons. The minimum absolute atomic E-state index is 0.0368. The van der Waals surface area contributed by atoms with Gasteiger partial charge in [-0.05, 0) is 82.0 Å². The number of aryl methyl sites for hydroxylation is 1. The Morgan fingerprint density at radius 3 is 2.58 bits per heavy atom. The van der Waals surface area contributed by atoms with Crippen LogP contribution in [0.3, 0.4) is 0 Å². The first-order chi connectivity index (χ1) is 17.4. The summed E-state index contributed by atoms with van der Waals surface area (Å²) in [6.45, 7) is 2.35. The predicted molar refractivity (Wildman–Crippen MR) is 147 cm³/mol. The highest BCUT2D eigenvalue weighted by atomic mass is 79.9. The second-order valence-electron chi connectivity index (χ2n) is 8.06. The number of non-ortho nitro benzene ring substituents is 1. The van der Waals surface area contributed by atoms with Crippen LogP contribution in [0.15, 0.2) is 79.5 Å². The normalized spacial score (nSPS) is 11.3. The standard InChI is InChI=1S/C26H22Br2N4O4/c1-2-3-4-25-30-23-11-8-19(27)14-21(23)26(33)31(25)29-15-18-7-12-24(22(28)13-18)36-16-17-5-9-20(10-6-17)32(34)35/h5-15H,2-4,16H2,1H3. The largest absolute Gasteiger partial charge is 0.488 e. The third-order valence-corrected chi connectivity index (χ3v) is 6.56. The molecule has 36 heavy (non-hydrogen) atoms. The number of halogens is 2. The van der Waals surface area contributed by atoms with Crippen molar-refractivity contribution in [2.75, 3.05) is 0 Å². The van der Waals surface area contributed by atoms with Crippen molar-refractivity contribution in [3.05, 3.63) is 107 Å². The number of hydrogen-bond donors (Lipinski definition) is 0. The fourth-order valence-corrected chi connectivity index (χ4v) is 4.40. The lowest BCUT2D eigenvalue weighted by Gasteiger charge is -2.10. The predicted octanol–water partition coefficient (Wildman–Crippen LogP) is 6.63. The highest BCUT2D eigenvalue weighted by Crippen LogP contribution is 2.27. The Bertz CT molecular complexity index is 1500. The Hall–Kier alpha value is -3.37. The third-order valence-electron chi connectivity index (χ3n) is 5.45. The molecule has 0 aliphatic heterocycles. The van der Waals surface area contributed by atoms with Gasteiger partial charge in [-0.25, -0.2) is 4.98 Å². The summed E-state index contributed by atoms with van der Waals surface area (Å²) in [5, 5.41) is 15.8. The molecule has 0 amide bonds. The van der Waals surface area contributed by atoms with E-state index in [0.717, 1.165) is 28.4 Å². The smallest absolute Gasteiger partial charge is 0.282 e. The SMILES string of the molecule is CCCCc1nc2ccc(Br)cc2c(=O)n1N=Cc1ccc(OCc2ccc([N+](=O)[O-])cc2)c(Br)c1. The Kier molecular flexibility index (Phi) is 8.27. The molecule has 0 bridgehead atoms. The molecule has 0 atom stereocenters. The molecular weight excluding hydrogens is 592 g/mol. The number of fused-ring (bicyclic) bond motifs is 1. The van der Waals surface area contributed by atoms with Crippen molar-refractivity contribution in [1.82, 2.24) is 9.66 Å². The van der Waals surface area contributed by atoms with Crippen LogP contribution >= 0.6 is 31.9 Å². The minimum Gasteiger partial charge on any atom is -0.488 e. The van der Waals surface area contributed by atoms with Crippen LogP contribution in [-0.4, -0.2) is 20.8 Å². The average molecular weight is 614 g/mol. The number of nitro benzene ring substituents is 1. The molecule has 0 N–H and O–H groups in total. The van der Waals surface area contributed by atoms with Gasteiger partial charge in [-0.3, -0.25) is 14.9 Å². The molecule has 0 unspecified atom stereocenters. The average Bonchev–Trinajstić information content (AvgIpc) is 2.87. The number of ether oxygens (including phenoxy) is 1. The summed E-state index contributed by atoms with van der Waals surface area (Å²) in [6, 6.07) is 17.2. The van der Waals surface area contributed by atoms with Crippen LogP contribution in [0.5, 0.6) is 5.75 Å². The number of rotatable bonds is 9. The van der Waals surface area contributed by atoms with Crippen LogP contribution in [0.4, 0.5) is 5.69 Å². The van der Waals surface area contributed by atoms with E-state index in [9.17, 15) is 14.9 Å². The van der Waals surface area contributed by atoms with Crippen molar-refractivity contribution in [2.24, 2.45) is 5.10 Å². The van der Waals surface area contributed by atoms with Crippen molar-refractivity contribution in [2.45, 2.75) is 32.8 Å². The van der Waals surface area contributed by atoms with Crippen LogP contribution < -0.4 is 10.3 Å². The molecule has 0 radical (unpaired) electrons. The van der Waals surface area contributed by atoms with E-state index < -0.39 is 4.92 Å². The van der Waals surface area contributed by atoms with E-state index >= 15 is 0 Å². The topological polar surface area (TPSA) is 99.6 Å². The van der Waals surface area contributed by atoms with E-state index in [4.69, 9.17) is 4.74 Å². The molecule has 8 nitrogen and oxygen atoms in total. The molecule has 10 heteroatoms. The number of unbranched alkanes of at least 4 members (excludes halogenated alkanes) is 1. The molecule has 4 aromatic rings. The second-order valence-corrected chi connectivity index (χ2v) is 9.83. The highest BCUT2D eigenvalue weighted by Gasteiger charge is 2.11. The summed E-state index contributed by atoms with van der Waals surface area (Å²) in [7, 11) is 0. The van der Waals surface area contributed by atoms with Crippen molar-refractivity contribution in [3.8, 4) is 5.75 Å². The Balaban J connectivity index is 1.55. The van der Waals surface area contributed by atoms with Gasteiger partial charge in [0.1, 0.15) is 18.2 Å². The number of hydrogen-bond acceptors (Lipinski definition) is 6. The maximum absolute atomic E-state index is 13.2. The van der Waals surface area contributed by atoms with Gasteiger partial charge < -0.3 is 4.74 Å². The van der Waals surface area contributed by atoms with Crippen molar-refractivity contribution >= 4 is 54.7 Å². The molecule has 1 aromatic heterocycles. The number of nitrogens with zero attached hydrogens (tertiary/aromatic N) is 4. The summed E-state index contributed by atoms with van der Waals surface area (Å²) >= 11 is 6.94. The van der Waals surface area contributed by atoms with Crippen LogP contribution in [0.25, 0.3) is 10.9 Å². The fourth-order valence-electron chi connectivity index (χ4n) is 3.52. The van der Waals surface area contributed by atoms with Gasteiger partial charge >= 0.3 is 0 Å². The molecular formula is C26H22Br2N4O4. The molecule has 0 saturated carbocycles. The zero-order chi connectivity index (χ0) is 25.7. The first kappa shape index (κ1) is 25.7. The maximum Gasteiger partial charge on any atom is 0.282 e. The summed E-state index contributed by atoms with van der Waals surface area (Å²) < 4.78 is 8.74. The molecule has 3 aromatic carbocycles. The molecule has 0 spiro atoms. The number of nitro groups is 1. The van der Waals surface area contributed by atoms with E-state index in [1.165, 1.54) is 16.8 Å². The minimum atomic E-state index is -0.435. The monoisotopic (exact) mass is 612 g/mol. The Morgan fingerprint density at radius 1 is 1.11 bits per heavy atom. The first-order valence-corrected chi connectivity index (χ1v) is 12.9. The van der Waals surface area contributed by atoms with Gasteiger partial charge in [-0.1, -0.05) is 29.3 Å². The molecule has 4 rings (SSSR count). The summed E-state index contributed by atoms with van der Waals surface area (Å²) in [4.78, 5) is 28.3. The van der Waals surface area contributed by atoms with E-state index in [1.54, 1.807) is 30.5 Å². The number of aromatic nitrogens is 2. The summed E-state index contributed by atoms with van der Waals surface area (Å²) in [5.41, 5.74) is 2.05. The number of benzene rings is 3. The van der Waals surface area contributed by atoms with Crippen molar-refractivity contribution in [1.29, 1.82) is 0 Å². The molecule has 0 fully saturated rings. The molecule has 0 aliphatic rings. The van der Waals surface area contributed by atoms with Gasteiger partial charge in [0, 0.05) is 23.0 Å². The Morgan fingerprint density at radius 2 is 1.89 bits per heavy atom. The fraction of sp³-hybridized carbons (Fsp3) is 0.192. The van der Waals surface area contributed by atoms with Gasteiger partial charge in [0.15, 0.2) is 0 Å². The zero-order valence-corrected chi connectivity index (χ0v) is 22.5. The van der Waals surface area contributed by atoms with Crippen LogP contribution in [-0.2, 0) is 13.0 Å². The highest BCUT2D eigenvalue weighted by molar-refractivity contribution is 9.10. The summed E-state index contributed by atoms with van der Waals surface area (Å²) in [6.07, 6.45) is 4.14.